The minimum absolute atomic E-state index is 0.218. The number of hydrogen-bond donors (Lipinski definition) is 1. The highest BCUT2D eigenvalue weighted by Gasteiger charge is 2.01. The van der Waals surface area contributed by atoms with Gasteiger partial charge < -0.3 is 5.11 Å². The van der Waals surface area contributed by atoms with Crippen LogP contribution in [0, 0.1) is 0 Å². The molecule has 0 aliphatic carbocycles. The third-order valence-electron chi connectivity index (χ3n) is 2.09. The Bertz CT molecular complexity index is 281. The highest BCUT2D eigenvalue weighted by Crippen LogP contribution is 2.21. The maximum absolute atomic E-state index is 8.91. The standard InChI is InChI=1S/C12H16O/c1-10(2)12(8-9-13)11-6-4-3-5-7-11/h3-7,13H,8-9H2,1-2H3. The molecule has 1 aromatic carbocycles. The number of allylic oxidation sites excluding steroid dienone is 1. The summed E-state index contributed by atoms with van der Waals surface area (Å²) in [5.74, 6) is 0. The second-order valence-corrected chi connectivity index (χ2v) is 3.32. The van der Waals surface area contributed by atoms with Crippen molar-refractivity contribution in [2.24, 2.45) is 0 Å². The van der Waals surface area contributed by atoms with Crippen molar-refractivity contribution in [3.05, 3.63) is 41.5 Å². The van der Waals surface area contributed by atoms with E-state index in [2.05, 4.69) is 26.0 Å². The Labute approximate surface area is 79.7 Å². The summed E-state index contributed by atoms with van der Waals surface area (Å²) in [4.78, 5) is 0. The van der Waals surface area contributed by atoms with E-state index in [9.17, 15) is 0 Å². The Hall–Kier alpha value is -1.08. The van der Waals surface area contributed by atoms with Crippen molar-refractivity contribution in [1.29, 1.82) is 0 Å². The van der Waals surface area contributed by atoms with E-state index in [-0.39, 0.29) is 6.61 Å². The monoisotopic (exact) mass is 176 g/mol. The molecule has 0 fully saturated rings. The first-order chi connectivity index (χ1) is 6.25. The van der Waals surface area contributed by atoms with Gasteiger partial charge >= 0.3 is 0 Å². The second kappa shape index (κ2) is 4.83. The van der Waals surface area contributed by atoms with Crippen LogP contribution in [0.15, 0.2) is 35.9 Å². The third-order valence-corrected chi connectivity index (χ3v) is 2.09. The van der Waals surface area contributed by atoms with E-state index in [1.807, 2.05) is 18.2 Å². The van der Waals surface area contributed by atoms with Crippen molar-refractivity contribution in [2.75, 3.05) is 6.61 Å². The van der Waals surface area contributed by atoms with Gasteiger partial charge in [0, 0.05) is 6.61 Å². The Morgan fingerprint density at radius 1 is 1.15 bits per heavy atom. The van der Waals surface area contributed by atoms with E-state index in [0.717, 1.165) is 6.42 Å². The van der Waals surface area contributed by atoms with Gasteiger partial charge in [0.25, 0.3) is 0 Å². The van der Waals surface area contributed by atoms with Crippen LogP contribution in [0.5, 0.6) is 0 Å². The minimum Gasteiger partial charge on any atom is -0.396 e. The topological polar surface area (TPSA) is 20.2 Å². The molecule has 0 spiro atoms. The SMILES string of the molecule is CC(C)=C(CCO)c1ccccc1. The van der Waals surface area contributed by atoms with Crippen LogP contribution >= 0.6 is 0 Å². The van der Waals surface area contributed by atoms with Crippen LogP contribution in [-0.4, -0.2) is 11.7 Å². The van der Waals surface area contributed by atoms with Gasteiger partial charge in [-0.15, -0.1) is 0 Å². The summed E-state index contributed by atoms with van der Waals surface area (Å²) in [6.07, 6.45) is 0.742. The lowest BCUT2D eigenvalue weighted by Gasteiger charge is -2.08. The van der Waals surface area contributed by atoms with Crippen molar-refractivity contribution in [1.82, 2.24) is 0 Å². The van der Waals surface area contributed by atoms with E-state index in [0.29, 0.717) is 0 Å². The largest absolute Gasteiger partial charge is 0.396 e. The summed E-state index contributed by atoms with van der Waals surface area (Å²) in [7, 11) is 0. The fraction of sp³-hybridized carbons (Fsp3) is 0.333. The quantitative estimate of drug-likeness (QED) is 0.750. The van der Waals surface area contributed by atoms with Gasteiger partial charge in [0.15, 0.2) is 0 Å². The Kier molecular flexibility index (Phi) is 3.71. The lowest BCUT2D eigenvalue weighted by molar-refractivity contribution is 0.304. The molecule has 1 rings (SSSR count). The lowest BCUT2D eigenvalue weighted by Crippen LogP contribution is -1.91. The van der Waals surface area contributed by atoms with E-state index >= 15 is 0 Å². The fourth-order valence-electron chi connectivity index (χ4n) is 1.43. The Balaban J connectivity index is 2.97. The number of rotatable bonds is 3. The predicted octanol–water partition coefficient (Wildman–Crippen LogP) is 2.86. The lowest BCUT2D eigenvalue weighted by atomic mass is 9.99. The van der Waals surface area contributed by atoms with Crippen molar-refractivity contribution in [3.8, 4) is 0 Å². The van der Waals surface area contributed by atoms with Gasteiger partial charge in [0.05, 0.1) is 0 Å². The Morgan fingerprint density at radius 3 is 2.23 bits per heavy atom. The smallest absolute Gasteiger partial charge is 0.0471 e. The first kappa shape index (κ1) is 10.0. The fourth-order valence-corrected chi connectivity index (χ4v) is 1.43. The molecule has 0 saturated carbocycles. The van der Waals surface area contributed by atoms with Crippen LogP contribution in [-0.2, 0) is 0 Å². The molecule has 0 aliphatic rings. The molecule has 0 amide bonds. The maximum atomic E-state index is 8.91. The second-order valence-electron chi connectivity index (χ2n) is 3.32. The summed E-state index contributed by atoms with van der Waals surface area (Å²) < 4.78 is 0. The zero-order valence-corrected chi connectivity index (χ0v) is 8.25. The number of aliphatic hydroxyl groups excluding tert-OH is 1. The first-order valence-corrected chi connectivity index (χ1v) is 4.58. The van der Waals surface area contributed by atoms with Crippen molar-refractivity contribution in [2.45, 2.75) is 20.3 Å². The van der Waals surface area contributed by atoms with Crippen molar-refractivity contribution in [3.63, 3.8) is 0 Å². The molecular weight excluding hydrogens is 160 g/mol. The number of aliphatic hydroxyl groups is 1. The van der Waals surface area contributed by atoms with Crippen LogP contribution in [0.4, 0.5) is 0 Å². The van der Waals surface area contributed by atoms with E-state index < -0.39 is 0 Å². The predicted molar refractivity (Wildman–Crippen MR) is 56.4 cm³/mol. The Morgan fingerprint density at radius 2 is 1.77 bits per heavy atom. The molecule has 0 aliphatic heterocycles. The summed E-state index contributed by atoms with van der Waals surface area (Å²) in [5.41, 5.74) is 3.75. The molecule has 0 heterocycles. The zero-order chi connectivity index (χ0) is 9.68. The third kappa shape index (κ3) is 2.71. The van der Waals surface area contributed by atoms with Crippen LogP contribution < -0.4 is 0 Å². The van der Waals surface area contributed by atoms with E-state index in [4.69, 9.17) is 5.11 Å². The molecule has 0 atom stereocenters. The van der Waals surface area contributed by atoms with Gasteiger partial charge in [-0.3, -0.25) is 0 Å². The number of benzene rings is 1. The highest BCUT2D eigenvalue weighted by atomic mass is 16.2. The van der Waals surface area contributed by atoms with Gasteiger partial charge in [0.2, 0.25) is 0 Å². The molecule has 0 aromatic heterocycles. The van der Waals surface area contributed by atoms with Gasteiger partial charge in [-0.1, -0.05) is 35.9 Å². The summed E-state index contributed by atoms with van der Waals surface area (Å²) >= 11 is 0. The zero-order valence-electron chi connectivity index (χ0n) is 8.25. The molecule has 0 saturated heterocycles. The minimum atomic E-state index is 0.218. The molecule has 1 N–H and O–H groups in total. The average molecular weight is 176 g/mol. The average Bonchev–Trinajstić information content (AvgIpc) is 2.15. The molecule has 0 radical (unpaired) electrons. The van der Waals surface area contributed by atoms with Gasteiger partial charge in [-0.2, -0.15) is 0 Å². The van der Waals surface area contributed by atoms with Gasteiger partial charge in [-0.25, -0.2) is 0 Å². The summed E-state index contributed by atoms with van der Waals surface area (Å²) in [5, 5.41) is 8.91. The highest BCUT2D eigenvalue weighted by molar-refractivity contribution is 5.67. The van der Waals surface area contributed by atoms with Crippen LogP contribution in [0.2, 0.25) is 0 Å². The van der Waals surface area contributed by atoms with E-state index in [1.54, 1.807) is 0 Å². The first-order valence-electron chi connectivity index (χ1n) is 4.58. The summed E-state index contributed by atoms with van der Waals surface area (Å²) in [6, 6.07) is 10.2. The molecular formula is C12H16O. The maximum Gasteiger partial charge on any atom is 0.0471 e. The number of hydrogen-bond acceptors (Lipinski definition) is 1. The van der Waals surface area contributed by atoms with Gasteiger partial charge in [-0.05, 0) is 31.4 Å². The molecule has 70 valence electrons. The summed E-state index contributed by atoms with van der Waals surface area (Å²) in [6.45, 7) is 4.38. The van der Waals surface area contributed by atoms with Crippen LogP contribution in [0.25, 0.3) is 5.57 Å². The molecule has 13 heavy (non-hydrogen) atoms. The molecule has 1 nitrogen and oxygen atoms in total. The van der Waals surface area contributed by atoms with Gasteiger partial charge in [0.1, 0.15) is 0 Å². The normalized spacial score (nSPS) is 9.77. The molecule has 0 bridgehead atoms. The van der Waals surface area contributed by atoms with Crippen molar-refractivity contribution >= 4 is 5.57 Å². The molecule has 1 aromatic rings. The van der Waals surface area contributed by atoms with E-state index in [1.165, 1.54) is 16.7 Å². The molecule has 1 heteroatoms. The van der Waals surface area contributed by atoms with Crippen molar-refractivity contribution < 1.29 is 5.11 Å². The van der Waals surface area contributed by atoms with Crippen LogP contribution in [0.3, 0.4) is 0 Å². The molecule has 0 unspecified atom stereocenters. The van der Waals surface area contributed by atoms with Crippen LogP contribution in [0.1, 0.15) is 25.8 Å².